The van der Waals surface area contributed by atoms with Crippen LogP contribution in [0, 0.1) is 6.92 Å². The molecule has 0 radical (unpaired) electrons. The first-order chi connectivity index (χ1) is 10.2. The Labute approximate surface area is 123 Å². The van der Waals surface area contributed by atoms with Gasteiger partial charge >= 0.3 is 6.18 Å². The lowest BCUT2D eigenvalue weighted by molar-refractivity contribution is -0.182. The maximum Gasteiger partial charge on any atom is 0.411 e. The molecule has 2 rings (SSSR count). The highest BCUT2D eigenvalue weighted by atomic mass is 19.4. The molecule has 0 atom stereocenters. The van der Waals surface area contributed by atoms with Gasteiger partial charge in [0.25, 0.3) is 5.91 Å². The molecule has 0 spiro atoms. The quantitative estimate of drug-likeness (QED) is 0.911. The van der Waals surface area contributed by atoms with Crippen LogP contribution >= 0.6 is 0 Å². The number of hydrogen-bond acceptors (Lipinski definition) is 4. The van der Waals surface area contributed by atoms with E-state index in [4.69, 9.17) is 0 Å². The maximum absolute atomic E-state index is 11.9. The summed E-state index contributed by atoms with van der Waals surface area (Å²) < 4.78 is 43.0. The van der Waals surface area contributed by atoms with Crippen molar-refractivity contribution in [2.24, 2.45) is 7.05 Å². The van der Waals surface area contributed by atoms with Crippen molar-refractivity contribution in [1.29, 1.82) is 0 Å². The minimum atomic E-state index is -4.39. The summed E-state index contributed by atoms with van der Waals surface area (Å²) in [5, 5.41) is 10.4. The second kappa shape index (κ2) is 6.18. The number of ether oxygens (including phenoxy) is 1. The zero-order valence-electron chi connectivity index (χ0n) is 11.9. The van der Waals surface area contributed by atoms with Gasteiger partial charge in [0.2, 0.25) is 0 Å². The molecular weight excluding hydrogens is 303 g/mol. The maximum atomic E-state index is 11.9. The number of carbonyl (C=O) groups excluding carboxylic acids is 1. The predicted molar refractivity (Wildman–Crippen MR) is 70.1 cm³/mol. The summed E-state index contributed by atoms with van der Waals surface area (Å²) in [4.78, 5) is 11.9. The molecule has 10 heteroatoms. The van der Waals surface area contributed by atoms with Gasteiger partial charge in [0.1, 0.15) is 13.3 Å². The molecule has 0 aromatic carbocycles. The van der Waals surface area contributed by atoms with Crippen LogP contribution in [-0.2, 0) is 18.5 Å². The number of amides is 1. The summed E-state index contributed by atoms with van der Waals surface area (Å²) in [5.74, 6) is -0.431. The van der Waals surface area contributed by atoms with E-state index in [0.717, 1.165) is 10.4 Å². The third kappa shape index (κ3) is 4.32. The van der Waals surface area contributed by atoms with Gasteiger partial charge in [-0.3, -0.25) is 9.48 Å². The van der Waals surface area contributed by atoms with Crippen LogP contribution in [-0.4, -0.2) is 38.3 Å². The van der Waals surface area contributed by atoms with Crippen molar-refractivity contribution in [1.82, 2.24) is 19.6 Å². The van der Waals surface area contributed by atoms with Crippen molar-refractivity contribution < 1.29 is 22.7 Å². The van der Waals surface area contributed by atoms with Gasteiger partial charge in [0.05, 0.1) is 18.1 Å². The second-order valence-corrected chi connectivity index (χ2v) is 4.61. The van der Waals surface area contributed by atoms with E-state index in [9.17, 15) is 18.0 Å². The minimum absolute atomic E-state index is 0.237. The highest BCUT2D eigenvalue weighted by molar-refractivity contribution is 6.02. The summed E-state index contributed by atoms with van der Waals surface area (Å²) >= 11 is 0. The molecule has 0 aliphatic heterocycles. The van der Waals surface area contributed by atoms with Crippen LogP contribution in [0.3, 0.4) is 0 Å². The van der Waals surface area contributed by atoms with Gasteiger partial charge in [-0.1, -0.05) is 0 Å². The molecule has 0 bridgehead atoms. The van der Waals surface area contributed by atoms with E-state index < -0.39 is 18.7 Å². The average molecular weight is 317 g/mol. The Hall–Kier alpha value is -2.36. The fourth-order valence-corrected chi connectivity index (χ4v) is 1.62. The topological polar surface area (TPSA) is 74.0 Å². The van der Waals surface area contributed by atoms with Crippen LogP contribution in [0.25, 0.3) is 0 Å². The van der Waals surface area contributed by atoms with E-state index in [1.165, 1.54) is 12.4 Å². The number of rotatable bonds is 5. The highest BCUT2D eigenvalue weighted by Crippen LogP contribution is 2.15. The summed E-state index contributed by atoms with van der Waals surface area (Å²) in [6.45, 7) is 0.0830. The third-order valence-corrected chi connectivity index (χ3v) is 2.73. The van der Waals surface area contributed by atoms with Crippen LogP contribution in [0.1, 0.15) is 16.2 Å². The Morgan fingerprint density at radius 2 is 2.18 bits per heavy atom. The molecule has 2 heterocycles. The van der Waals surface area contributed by atoms with Crippen LogP contribution in [0.2, 0.25) is 0 Å². The van der Waals surface area contributed by atoms with Crippen LogP contribution < -0.4 is 5.32 Å². The van der Waals surface area contributed by atoms with Gasteiger partial charge in [-0.2, -0.15) is 23.4 Å². The van der Waals surface area contributed by atoms with Crippen LogP contribution in [0.4, 0.5) is 18.9 Å². The van der Waals surface area contributed by atoms with Crippen molar-refractivity contribution in [2.75, 3.05) is 11.9 Å². The number of nitrogens with zero attached hydrogens (tertiary/aromatic N) is 4. The van der Waals surface area contributed by atoms with Crippen LogP contribution in [0.15, 0.2) is 18.5 Å². The second-order valence-electron chi connectivity index (χ2n) is 4.61. The van der Waals surface area contributed by atoms with E-state index in [2.05, 4.69) is 20.3 Å². The number of hydrogen-bond donors (Lipinski definition) is 1. The normalized spacial score (nSPS) is 11.7. The van der Waals surface area contributed by atoms with Crippen molar-refractivity contribution >= 4 is 11.6 Å². The fourth-order valence-electron chi connectivity index (χ4n) is 1.62. The van der Waals surface area contributed by atoms with E-state index in [0.29, 0.717) is 5.69 Å². The number of alkyl halides is 3. The number of anilines is 1. The SMILES string of the molecule is Cc1cc(C(=O)Nc2cnn(COCC(F)(F)F)c2)nn1C. The number of nitrogens with one attached hydrogen (secondary N) is 1. The Bertz CT molecular complexity index is 643. The lowest BCUT2D eigenvalue weighted by atomic mass is 10.3. The van der Waals surface area contributed by atoms with Crippen LogP contribution in [0.5, 0.6) is 0 Å². The Morgan fingerprint density at radius 3 is 2.77 bits per heavy atom. The molecule has 2 aromatic rings. The van der Waals surface area contributed by atoms with Gasteiger partial charge in [-0.25, -0.2) is 4.68 Å². The third-order valence-electron chi connectivity index (χ3n) is 2.73. The molecule has 0 saturated heterocycles. The summed E-state index contributed by atoms with van der Waals surface area (Å²) in [5.41, 5.74) is 1.39. The lowest BCUT2D eigenvalue weighted by Crippen LogP contribution is -2.18. The first-order valence-electron chi connectivity index (χ1n) is 6.23. The zero-order valence-corrected chi connectivity index (χ0v) is 11.9. The molecule has 1 amide bonds. The number of aromatic nitrogens is 4. The molecule has 0 aliphatic carbocycles. The molecule has 0 unspecified atom stereocenters. The molecule has 120 valence electrons. The fraction of sp³-hybridized carbons (Fsp3) is 0.417. The molecule has 0 fully saturated rings. The Kier molecular flexibility index (Phi) is 4.50. The van der Waals surface area contributed by atoms with Gasteiger partial charge in [-0.05, 0) is 13.0 Å². The molecule has 7 nitrogen and oxygen atoms in total. The molecular formula is C12H14F3N5O2. The minimum Gasteiger partial charge on any atom is -0.350 e. The van der Waals surface area contributed by atoms with Gasteiger partial charge in [0, 0.05) is 12.7 Å². The van der Waals surface area contributed by atoms with Gasteiger partial charge in [0.15, 0.2) is 5.69 Å². The summed E-state index contributed by atoms with van der Waals surface area (Å²) in [6.07, 6.45) is -1.71. The van der Waals surface area contributed by atoms with Crippen molar-refractivity contribution in [3.8, 4) is 0 Å². The highest BCUT2D eigenvalue weighted by Gasteiger charge is 2.27. The lowest BCUT2D eigenvalue weighted by Gasteiger charge is -2.07. The number of halogens is 3. The first-order valence-corrected chi connectivity index (χ1v) is 6.23. The number of carbonyl (C=O) groups is 1. The molecule has 22 heavy (non-hydrogen) atoms. The van der Waals surface area contributed by atoms with Gasteiger partial charge in [-0.15, -0.1) is 0 Å². The predicted octanol–water partition coefficient (Wildman–Crippen LogP) is 1.71. The van der Waals surface area contributed by atoms with Crippen molar-refractivity contribution in [3.05, 3.63) is 29.8 Å². The van der Waals surface area contributed by atoms with Crippen molar-refractivity contribution in [2.45, 2.75) is 19.8 Å². The van der Waals surface area contributed by atoms with Crippen molar-refractivity contribution in [3.63, 3.8) is 0 Å². The summed E-state index contributed by atoms with van der Waals surface area (Å²) in [7, 11) is 1.71. The zero-order chi connectivity index (χ0) is 16.3. The first kappa shape index (κ1) is 16.0. The largest absolute Gasteiger partial charge is 0.411 e. The smallest absolute Gasteiger partial charge is 0.350 e. The number of aryl methyl sites for hydroxylation is 2. The summed E-state index contributed by atoms with van der Waals surface area (Å²) in [6, 6.07) is 1.62. The van der Waals surface area contributed by atoms with E-state index in [1.807, 2.05) is 0 Å². The van der Waals surface area contributed by atoms with Gasteiger partial charge < -0.3 is 10.1 Å². The monoisotopic (exact) mass is 317 g/mol. The molecule has 1 N–H and O–H groups in total. The standard InChI is InChI=1S/C12H14F3N5O2/c1-8-3-10(18-19(8)2)11(21)17-9-4-16-20(5-9)7-22-6-12(13,14)15/h3-5H,6-7H2,1-2H3,(H,17,21). The average Bonchev–Trinajstić information content (AvgIpc) is 2.96. The molecule has 2 aromatic heterocycles. The molecule has 0 saturated carbocycles. The van der Waals surface area contributed by atoms with E-state index in [-0.39, 0.29) is 12.4 Å². The van der Waals surface area contributed by atoms with E-state index >= 15 is 0 Å². The van der Waals surface area contributed by atoms with E-state index in [1.54, 1.807) is 24.7 Å². The molecule has 0 aliphatic rings. The Morgan fingerprint density at radius 1 is 1.45 bits per heavy atom. The Balaban J connectivity index is 1.90.